The van der Waals surface area contributed by atoms with Crippen molar-refractivity contribution in [1.82, 2.24) is 4.98 Å². The molecule has 0 aliphatic heterocycles. The standard InChI is InChI=1S/C12H17IN2O4S/c1-5-18-8(16)6-7-9(13)20-10(14-7)15-11(17)19-12(2,3)4/h5-6H2,1-4H3,(H,14,15,17). The van der Waals surface area contributed by atoms with Crippen LogP contribution in [0.15, 0.2) is 0 Å². The largest absolute Gasteiger partial charge is 0.466 e. The Hall–Kier alpha value is -0.900. The van der Waals surface area contributed by atoms with E-state index in [1.165, 1.54) is 11.3 Å². The van der Waals surface area contributed by atoms with Crippen LogP contribution in [0.4, 0.5) is 9.93 Å². The van der Waals surface area contributed by atoms with E-state index >= 15 is 0 Å². The van der Waals surface area contributed by atoms with Gasteiger partial charge in [-0.15, -0.1) is 0 Å². The molecule has 1 N–H and O–H groups in total. The van der Waals surface area contributed by atoms with Gasteiger partial charge in [-0.2, -0.15) is 0 Å². The van der Waals surface area contributed by atoms with E-state index in [1.54, 1.807) is 27.7 Å². The molecule has 1 aromatic rings. The van der Waals surface area contributed by atoms with Crippen molar-refractivity contribution in [3.05, 3.63) is 8.58 Å². The summed E-state index contributed by atoms with van der Waals surface area (Å²) in [6, 6.07) is 0. The van der Waals surface area contributed by atoms with Gasteiger partial charge in [0.2, 0.25) is 0 Å². The number of amides is 1. The van der Waals surface area contributed by atoms with E-state index in [1.807, 2.05) is 0 Å². The summed E-state index contributed by atoms with van der Waals surface area (Å²) in [7, 11) is 0. The Labute approximate surface area is 135 Å². The van der Waals surface area contributed by atoms with Crippen LogP contribution >= 0.6 is 33.9 Å². The molecule has 112 valence electrons. The number of aromatic nitrogens is 1. The van der Waals surface area contributed by atoms with E-state index in [0.717, 1.165) is 2.88 Å². The Morgan fingerprint density at radius 2 is 2.05 bits per heavy atom. The zero-order chi connectivity index (χ0) is 15.3. The number of carbonyl (C=O) groups is 2. The molecule has 8 heteroatoms. The number of ether oxygens (including phenoxy) is 2. The maximum atomic E-state index is 11.6. The minimum absolute atomic E-state index is 0.0958. The van der Waals surface area contributed by atoms with Gasteiger partial charge in [0.1, 0.15) is 5.60 Å². The normalized spacial score (nSPS) is 11.1. The molecule has 0 aromatic carbocycles. The quantitative estimate of drug-likeness (QED) is 0.607. The van der Waals surface area contributed by atoms with Gasteiger partial charge >= 0.3 is 12.1 Å². The van der Waals surface area contributed by atoms with Crippen LogP contribution in [0.3, 0.4) is 0 Å². The summed E-state index contributed by atoms with van der Waals surface area (Å²) in [6.45, 7) is 7.43. The van der Waals surface area contributed by atoms with Crippen LogP contribution in [0.1, 0.15) is 33.4 Å². The number of nitrogens with zero attached hydrogens (tertiary/aromatic N) is 1. The smallest absolute Gasteiger partial charge is 0.413 e. The lowest BCUT2D eigenvalue weighted by Gasteiger charge is -2.18. The SMILES string of the molecule is CCOC(=O)Cc1nc(NC(=O)OC(C)(C)C)sc1I. The summed E-state index contributed by atoms with van der Waals surface area (Å²) >= 11 is 3.36. The molecule has 1 amide bonds. The average Bonchev–Trinajstić information content (AvgIpc) is 2.56. The molecule has 0 saturated heterocycles. The highest BCUT2D eigenvalue weighted by molar-refractivity contribution is 14.1. The Bertz CT molecular complexity index is 496. The van der Waals surface area contributed by atoms with Crippen molar-refractivity contribution in [2.45, 2.75) is 39.7 Å². The summed E-state index contributed by atoms with van der Waals surface area (Å²) < 4.78 is 10.8. The fourth-order valence-corrected chi connectivity index (χ4v) is 2.87. The second kappa shape index (κ2) is 7.21. The van der Waals surface area contributed by atoms with Crippen molar-refractivity contribution < 1.29 is 19.1 Å². The molecule has 0 atom stereocenters. The topological polar surface area (TPSA) is 77.5 Å². The third-order valence-electron chi connectivity index (χ3n) is 1.87. The maximum absolute atomic E-state index is 11.6. The van der Waals surface area contributed by atoms with E-state index in [-0.39, 0.29) is 12.4 Å². The second-order valence-electron chi connectivity index (χ2n) is 4.85. The first-order valence-corrected chi connectivity index (χ1v) is 7.91. The number of carbonyl (C=O) groups excluding carboxylic acids is 2. The minimum atomic E-state index is -0.567. The summed E-state index contributed by atoms with van der Waals surface area (Å²) in [6.07, 6.45) is -0.469. The van der Waals surface area contributed by atoms with Gasteiger partial charge in [-0.3, -0.25) is 10.1 Å². The van der Waals surface area contributed by atoms with Gasteiger partial charge < -0.3 is 9.47 Å². The van der Waals surface area contributed by atoms with Crippen molar-refractivity contribution >= 4 is 51.1 Å². The molecule has 0 aliphatic rings. The Balaban J connectivity index is 2.65. The minimum Gasteiger partial charge on any atom is -0.466 e. The van der Waals surface area contributed by atoms with Gasteiger partial charge in [-0.25, -0.2) is 9.78 Å². The van der Waals surface area contributed by atoms with Crippen LogP contribution in [0.25, 0.3) is 0 Å². The highest BCUT2D eigenvalue weighted by atomic mass is 127. The van der Waals surface area contributed by atoms with Gasteiger partial charge in [-0.1, -0.05) is 11.3 Å². The first-order valence-electron chi connectivity index (χ1n) is 6.02. The van der Waals surface area contributed by atoms with E-state index in [9.17, 15) is 9.59 Å². The summed E-state index contributed by atoms with van der Waals surface area (Å²) in [4.78, 5) is 27.2. The molecule has 0 unspecified atom stereocenters. The van der Waals surface area contributed by atoms with Crippen molar-refractivity contribution in [1.29, 1.82) is 0 Å². The van der Waals surface area contributed by atoms with Crippen molar-refractivity contribution in [3.8, 4) is 0 Å². The van der Waals surface area contributed by atoms with Crippen LogP contribution in [-0.2, 0) is 20.7 Å². The van der Waals surface area contributed by atoms with Crippen LogP contribution < -0.4 is 5.32 Å². The summed E-state index contributed by atoms with van der Waals surface area (Å²) in [5, 5.41) is 2.96. The van der Waals surface area contributed by atoms with Crippen molar-refractivity contribution in [2.24, 2.45) is 0 Å². The third kappa shape index (κ3) is 6.04. The van der Waals surface area contributed by atoms with Gasteiger partial charge in [0.15, 0.2) is 5.13 Å². The van der Waals surface area contributed by atoms with Crippen LogP contribution in [-0.4, -0.2) is 29.3 Å². The first-order chi connectivity index (χ1) is 9.21. The first kappa shape index (κ1) is 17.2. The Morgan fingerprint density at radius 3 is 2.60 bits per heavy atom. The van der Waals surface area contributed by atoms with Crippen LogP contribution in [0.5, 0.6) is 0 Å². The van der Waals surface area contributed by atoms with Crippen molar-refractivity contribution in [2.75, 3.05) is 11.9 Å². The number of thiazole rings is 1. The van der Waals surface area contributed by atoms with Crippen LogP contribution in [0.2, 0.25) is 0 Å². The number of rotatable bonds is 4. The Morgan fingerprint density at radius 1 is 1.40 bits per heavy atom. The predicted molar refractivity (Wildman–Crippen MR) is 85.0 cm³/mol. The monoisotopic (exact) mass is 412 g/mol. The van der Waals surface area contributed by atoms with Gasteiger partial charge in [-0.05, 0) is 50.3 Å². The number of esters is 1. The molecule has 1 aromatic heterocycles. The lowest BCUT2D eigenvalue weighted by Crippen LogP contribution is -2.27. The van der Waals surface area contributed by atoms with Gasteiger partial charge in [0.05, 0.1) is 21.6 Å². The number of hydrogen-bond donors (Lipinski definition) is 1. The lowest BCUT2D eigenvalue weighted by atomic mass is 10.2. The fraction of sp³-hybridized carbons (Fsp3) is 0.583. The predicted octanol–water partition coefficient (Wildman–Crippen LogP) is 3.20. The molecule has 0 radical (unpaired) electrons. The molecule has 1 heterocycles. The molecule has 0 saturated carbocycles. The molecule has 0 aliphatic carbocycles. The molecule has 6 nitrogen and oxygen atoms in total. The van der Waals surface area contributed by atoms with Gasteiger partial charge in [0.25, 0.3) is 0 Å². The molecule has 0 spiro atoms. The number of nitrogens with one attached hydrogen (secondary N) is 1. The zero-order valence-electron chi connectivity index (χ0n) is 11.8. The molecule has 20 heavy (non-hydrogen) atoms. The van der Waals surface area contributed by atoms with E-state index in [0.29, 0.717) is 17.4 Å². The van der Waals surface area contributed by atoms with Gasteiger partial charge in [0, 0.05) is 0 Å². The summed E-state index contributed by atoms with van der Waals surface area (Å²) in [5.41, 5.74) is 0.0301. The van der Waals surface area contributed by atoms with Crippen molar-refractivity contribution in [3.63, 3.8) is 0 Å². The van der Waals surface area contributed by atoms with E-state index in [4.69, 9.17) is 9.47 Å². The lowest BCUT2D eigenvalue weighted by molar-refractivity contribution is -0.142. The molecular formula is C12H17IN2O4S. The molecule has 0 bridgehead atoms. The highest BCUT2D eigenvalue weighted by Crippen LogP contribution is 2.25. The maximum Gasteiger partial charge on any atom is 0.413 e. The number of anilines is 1. The number of hydrogen-bond acceptors (Lipinski definition) is 6. The fourth-order valence-electron chi connectivity index (χ4n) is 1.24. The molecule has 0 fully saturated rings. The molecule has 1 rings (SSSR count). The Kier molecular flexibility index (Phi) is 6.18. The number of halogens is 1. The second-order valence-corrected chi connectivity index (χ2v) is 7.66. The zero-order valence-corrected chi connectivity index (χ0v) is 14.8. The van der Waals surface area contributed by atoms with E-state index in [2.05, 4.69) is 32.9 Å². The highest BCUT2D eigenvalue weighted by Gasteiger charge is 2.19. The van der Waals surface area contributed by atoms with E-state index < -0.39 is 11.7 Å². The summed E-state index contributed by atoms with van der Waals surface area (Å²) in [5.74, 6) is -0.334. The average molecular weight is 412 g/mol. The third-order valence-corrected chi connectivity index (χ3v) is 3.96. The molecular weight excluding hydrogens is 395 g/mol. The van der Waals surface area contributed by atoms with Crippen LogP contribution in [0, 0.1) is 2.88 Å².